The van der Waals surface area contributed by atoms with Gasteiger partial charge in [0.15, 0.2) is 9.84 Å². The number of unbranched alkanes of at least 4 members (excludes halogenated alkanes) is 1. The van der Waals surface area contributed by atoms with Crippen LogP contribution in [-0.4, -0.2) is 109 Å². The highest BCUT2D eigenvalue weighted by Crippen LogP contribution is 2.31. The summed E-state index contributed by atoms with van der Waals surface area (Å²) >= 11 is 0. The monoisotopic (exact) mass is 702 g/mol. The van der Waals surface area contributed by atoms with Gasteiger partial charge in [0, 0.05) is 31.4 Å². The smallest absolute Gasteiger partial charge is 0.234 e. The molecule has 2 aromatic carbocycles. The van der Waals surface area contributed by atoms with Crippen molar-refractivity contribution in [1.29, 1.82) is 0 Å². The summed E-state index contributed by atoms with van der Waals surface area (Å²) in [6.45, 7) is 5.83. The maximum Gasteiger partial charge on any atom is 0.234 e. The van der Waals surface area contributed by atoms with E-state index >= 15 is 0 Å². The molecule has 1 aliphatic carbocycles. The molecular weight excluding hydrogens is 646 g/mol. The molecule has 11 nitrogen and oxygen atoms in total. The van der Waals surface area contributed by atoms with E-state index in [1.54, 1.807) is 0 Å². The summed E-state index contributed by atoms with van der Waals surface area (Å²) in [5, 5.41) is 41.5. The number of β-amino-alcohol motifs (C(OH)–C–C–N with tert-alkyl or cyclic N) is 1. The number of hydrogen-bond donors (Lipinski definition) is 3. The number of hydroxylamine groups is 2. The number of aliphatic hydroxyl groups is 2. The van der Waals surface area contributed by atoms with Crippen LogP contribution in [0.15, 0.2) is 42.5 Å². The second kappa shape index (κ2) is 19.1. The fourth-order valence-corrected chi connectivity index (χ4v) is 8.33. The number of benzene rings is 2. The van der Waals surface area contributed by atoms with Crippen LogP contribution in [0.1, 0.15) is 77.2 Å². The van der Waals surface area contributed by atoms with Gasteiger partial charge in [0.25, 0.3) is 0 Å². The summed E-state index contributed by atoms with van der Waals surface area (Å²) in [7, 11) is -3.58. The van der Waals surface area contributed by atoms with Crippen molar-refractivity contribution in [3.05, 3.63) is 53.2 Å². The third kappa shape index (κ3) is 11.5. The molecule has 0 aromatic heterocycles. The lowest BCUT2D eigenvalue weighted by molar-refractivity contribution is -0.141. The van der Waals surface area contributed by atoms with Gasteiger partial charge in [-0.1, -0.05) is 101 Å². The molecule has 1 saturated heterocycles. The number of carbonyl (C=O) groups is 2. The van der Waals surface area contributed by atoms with Gasteiger partial charge in [-0.25, -0.2) is 8.42 Å². The lowest BCUT2D eigenvalue weighted by Gasteiger charge is -2.45. The predicted octanol–water partition coefficient (Wildman–Crippen LogP) is 3.83. The molecule has 4 rings (SSSR count). The van der Waals surface area contributed by atoms with Gasteiger partial charge in [-0.15, -0.1) is 0 Å². The van der Waals surface area contributed by atoms with Crippen LogP contribution in [-0.2, 0) is 30.6 Å². The quantitative estimate of drug-likeness (QED) is 0.196. The molecule has 0 spiro atoms. The summed E-state index contributed by atoms with van der Waals surface area (Å²) in [5.41, 5.74) is 0.816. The Morgan fingerprint density at radius 2 is 1.73 bits per heavy atom. The molecule has 2 amide bonds. The molecule has 49 heavy (non-hydrogen) atoms. The van der Waals surface area contributed by atoms with Gasteiger partial charge in [0.1, 0.15) is 12.1 Å². The van der Waals surface area contributed by atoms with Crippen LogP contribution in [0, 0.1) is 17.0 Å². The van der Waals surface area contributed by atoms with Crippen molar-refractivity contribution >= 4 is 32.4 Å². The maximum atomic E-state index is 14.0. The molecule has 2 aliphatic rings. The molecule has 1 aliphatic heterocycles. The zero-order valence-electron chi connectivity index (χ0n) is 29.2. The lowest BCUT2D eigenvalue weighted by atomic mass is 9.82. The Kier molecular flexibility index (Phi) is 15.3. The number of amides is 2. The average molecular weight is 703 g/mol. The van der Waals surface area contributed by atoms with Crippen LogP contribution in [0.5, 0.6) is 0 Å². The van der Waals surface area contributed by atoms with Crippen LogP contribution in [0.2, 0.25) is 0 Å². The van der Waals surface area contributed by atoms with E-state index < -0.39 is 57.6 Å². The minimum atomic E-state index is -3.58. The van der Waals surface area contributed by atoms with Crippen LogP contribution in [0.4, 0.5) is 0 Å². The van der Waals surface area contributed by atoms with Crippen molar-refractivity contribution in [3.63, 3.8) is 0 Å². The van der Waals surface area contributed by atoms with E-state index in [0.29, 0.717) is 44.2 Å². The van der Waals surface area contributed by atoms with Gasteiger partial charge in [-0.2, -0.15) is 0 Å². The minimum absolute atomic E-state index is 0.126. The first-order valence-electron chi connectivity index (χ1n) is 18.2. The van der Waals surface area contributed by atoms with E-state index in [9.17, 15) is 33.4 Å². The molecule has 0 unspecified atom stereocenters. The molecule has 0 radical (unpaired) electrons. The topological polar surface area (TPSA) is 160 Å². The number of nitrogens with zero attached hydrogens (tertiary/aromatic N) is 2. The Labute approximate surface area is 291 Å². The SMILES string of the molecule is CCCC[C@H](NC(=O)[C@@H](Cc1cccc2ccccc12)CS(=O)(=O)CC)C(=O)N([O-])[C@@H](CC1CCCCC1)[C@@H](O)[C@@H](O)CN1CCOCC1. The van der Waals surface area contributed by atoms with Crippen molar-refractivity contribution in [2.45, 2.75) is 102 Å². The second-order valence-electron chi connectivity index (χ2n) is 13.9. The Hall–Kier alpha value is -2.61. The summed E-state index contributed by atoms with van der Waals surface area (Å²) in [6.07, 6.45) is 3.94. The van der Waals surface area contributed by atoms with Crippen LogP contribution >= 0.6 is 0 Å². The first-order chi connectivity index (χ1) is 23.5. The largest absolute Gasteiger partial charge is 0.756 e. The van der Waals surface area contributed by atoms with Crippen LogP contribution in [0.25, 0.3) is 10.8 Å². The van der Waals surface area contributed by atoms with Gasteiger partial charge < -0.3 is 30.5 Å². The van der Waals surface area contributed by atoms with E-state index in [-0.39, 0.29) is 37.5 Å². The Balaban J connectivity index is 1.57. The minimum Gasteiger partial charge on any atom is -0.756 e. The van der Waals surface area contributed by atoms with Crippen LogP contribution in [0.3, 0.4) is 0 Å². The molecule has 12 heteroatoms. The standard InChI is InChI=1S/C37H56N3O8S/c1-3-5-18-32(38-36(43)30(26-49(46,47)4-2)24-29-16-11-15-28-14-9-10-17-31(28)29)37(44)40(45)33(23-27-12-7-6-8-13-27)35(42)34(41)25-39-19-21-48-22-20-39/h9-11,14-17,27,30,32-35,41-42H,3-8,12-13,18-26H2,1-2H3,(H,38,43)/q-1/t30-,32-,33-,34-,35+/m0/s1. The van der Waals surface area contributed by atoms with Crippen molar-refractivity contribution in [2.75, 3.05) is 44.4 Å². The summed E-state index contributed by atoms with van der Waals surface area (Å²) < 4.78 is 31.1. The second-order valence-corrected chi connectivity index (χ2v) is 16.3. The molecular formula is C37H56N3O8S-. The van der Waals surface area contributed by atoms with Crippen molar-refractivity contribution in [1.82, 2.24) is 15.3 Å². The van der Waals surface area contributed by atoms with Crippen molar-refractivity contribution in [2.24, 2.45) is 11.8 Å². The molecule has 1 saturated carbocycles. The van der Waals surface area contributed by atoms with Gasteiger partial charge in [-0.3, -0.25) is 14.5 Å². The van der Waals surface area contributed by atoms with E-state index in [0.717, 1.165) is 48.4 Å². The third-order valence-electron chi connectivity index (χ3n) is 10.2. The third-order valence-corrected chi connectivity index (χ3v) is 12.0. The fraction of sp³-hybridized carbons (Fsp3) is 0.676. The number of nitrogens with one attached hydrogen (secondary N) is 1. The summed E-state index contributed by atoms with van der Waals surface area (Å²) in [6, 6.07) is 11.0. The number of sulfone groups is 1. The first kappa shape index (κ1) is 39.2. The predicted molar refractivity (Wildman–Crippen MR) is 191 cm³/mol. The van der Waals surface area contributed by atoms with Gasteiger partial charge in [-0.05, 0) is 41.5 Å². The highest BCUT2D eigenvalue weighted by Gasteiger charge is 2.36. The molecule has 2 fully saturated rings. The molecule has 2 aromatic rings. The van der Waals surface area contributed by atoms with E-state index in [2.05, 4.69) is 5.32 Å². The Morgan fingerprint density at radius 1 is 1.04 bits per heavy atom. The number of carbonyl (C=O) groups excluding carboxylic acids is 2. The normalized spacial score (nSPS) is 19.5. The Bertz CT molecular complexity index is 1440. The number of hydrogen-bond acceptors (Lipinski definition) is 9. The fourth-order valence-electron chi connectivity index (χ4n) is 7.21. The highest BCUT2D eigenvalue weighted by atomic mass is 32.2. The van der Waals surface area contributed by atoms with E-state index in [1.807, 2.05) is 54.3 Å². The van der Waals surface area contributed by atoms with E-state index in [1.165, 1.54) is 6.92 Å². The molecule has 3 N–H and O–H groups in total. The zero-order valence-corrected chi connectivity index (χ0v) is 30.0. The van der Waals surface area contributed by atoms with Gasteiger partial charge >= 0.3 is 0 Å². The number of rotatable bonds is 18. The van der Waals surface area contributed by atoms with Crippen molar-refractivity contribution < 1.29 is 33.0 Å². The first-order valence-corrected chi connectivity index (χ1v) is 20.0. The summed E-state index contributed by atoms with van der Waals surface area (Å²) in [4.78, 5) is 30.0. The zero-order chi connectivity index (χ0) is 35.4. The number of ether oxygens (including phenoxy) is 1. The van der Waals surface area contributed by atoms with Crippen LogP contribution < -0.4 is 5.32 Å². The number of morpholine rings is 1. The van der Waals surface area contributed by atoms with Crippen molar-refractivity contribution in [3.8, 4) is 0 Å². The molecule has 1 heterocycles. The lowest BCUT2D eigenvalue weighted by Crippen LogP contribution is -2.57. The van der Waals surface area contributed by atoms with Gasteiger partial charge in [0.05, 0.1) is 31.0 Å². The number of fused-ring (bicyclic) bond motifs is 1. The Morgan fingerprint density at radius 3 is 2.43 bits per heavy atom. The molecule has 274 valence electrons. The summed E-state index contributed by atoms with van der Waals surface area (Å²) in [5.74, 6) is -2.89. The van der Waals surface area contributed by atoms with E-state index in [4.69, 9.17) is 4.74 Å². The molecule has 0 bridgehead atoms. The van der Waals surface area contributed by atoms with Gasteiger partial charge in [0.2, 0.25) is 11.8 Å². The highest BCUT2D eigenvalue weighted by molar-refractivity contribution is 7.91. The molecule has 5 atom stereocenters. The maximum absolute atomic E-state index is 14.0. The number of aliphatic hydroxyl groups excluding tert-OH is 2. The average Bonchev–Trinajstić information content (AvgIpc) is 3.12.